The van der Waals surface area contributed by atoms with Crippen LogP contribution in [-0.4, -0.2) is 20.0 Å². The Morgan fingerprint density at radius 2 is 2.47 bits per heavy atom. The number of thioether (sulfide) groups is 1. The van der Waals surface area contributed by atoms with E-state index in [2.05, 4.69) is 26.3 Å². The Morgan fingerprint density at radius 1 is 1.73 bits per heavy atom. The number of aryl methyl sites for hydroxylation is 1. The van der Waals surface area contributed by atoms with Gasteiger partial charge >= 0.3 is 0 Å². The smallest absolute Gasteiger partial charge is 0.263 e. The highest BCUT2D eigenvalue weighted by Gasteiger charge is 2.22. The lowest BCUT2D eigenvalue weighted by Gasteiger charge is -1.90. The molecule has 4 nitrogen and oxygen atoms in total. The first-order valence-corrected chi connectivity index (χ1v) is 6.02. The van der Waals surface area contributed by atoms with E-state index in [9.17, 15) is 4.79 Å². The largest absolute Gasteiger partial charge is 0.307 e. The van der Waals surface area contributed by atoms with E-state index in [1.54, 1.807) is 10.8 Å². The quantitative estimate of drug-likeness (QED) is 0.633. The highest BCUT2D eigenvalue weighted by Crippen LogP contribution is 2.27. The van der Waals surface area contributed by atoms with Gasteiger partial charge in [0.1, 0.15) is 10.0 Å². The lowest BCUT2D eigenvalue weighted by molar-refractivity contribution is -0.115. The number of aromatic nitrogens is 2. The van der Waals surface area contributed by atoms with Crippen LogP contribution >= 0.6 is 39.9 Å². The fourth-order valence-electron chi connectivity index (χ4n) is 1.12. The van der Waals surface area contributed by atoms with Crippen molar-refractivity contribution in [3.63, 3.8) is 0 Å². The van der Waals surface area contributed by atoms with Gasteiger partial charge in [0.25, 0.3) is 5.91 Å². The van der Waals surface area contributed by atoms with Gasteiger partial charge in [-0.2, -0.15) is 5.10 Å². The lowest BCUT2D eigenvalue weighted by atomic mass is 10.3. The van der Waals surface area contributed by atoms with Gasteiger partial charge in [-0.25, -0.2) is 0 Å². The van der Waals surface area contributed by atoms with Gasteiger partial charge in [0.05, 0.1) is 9.38 Å². The summed E-state index contributed by atoms with van der Waals surface area (Å²) in [7, 11) is 1.82. The average molecular weight is 304 g/mol. The summed E-state index contributed by atoms with van der Waals surface area (Å²) >= 11 is 9.49. The summed E-state index contributed by atoms with van der Waals surface area (Å²) in [6, 6.07) is 0. The van der Waals surface area contributed by atoms with Crippen LogP contribution < -0.4 is 5.32 Å². The predicted octanol–water partition coefficient (Wildman–Crippen LogP) is 1.67. The summed E-state index contributed by atoms with van der Waals surface area (Å²) < 4.78 is 3.01. The van der Waals surface area contributed by atoms with Gasteiger partial charge < -0.3 is 5.32 Å². The normalized spacial score (nSPS) is 18.7. The van der Waals surface area contributed by atoms with Gasteiger partial charge in [-0.05, 0) is 22.0 Å². The molecule has 1 N–H and O–H groups in total. The van der Waals surface area contributed by atoms with Gasteiger partial charge in [0.15, 0.2) is 0 Å². The Hall–Kier alpha value is -0.660. The van der Waals surface area contributed by atoms with Gasteiger partial charge in [0, 0.05) is 13.2 Å². The highest BCUT2D eigenvalue weighted by molar-refractivity contribution is 9.10. The Labute approximate surface area is 104 Å². The summed E-state index contributed by atoms with van der Waals surface area (Å²) in [6.07, 6.45) is 3.53. The van der Waals surface area contributed by atoms with E-state index in [1.165, 1.54) is 11.8 Å². The minimum absolute atomic E-state index is 0.164. The maximum absolute atomic E-state index is 11.4. The van der Waals surface area contributed by atoms with Crippen molar-refractivity contribution in [3.8, 4) is 0 Å². The molecule has 0 saturated carbocycles. The summed E-state index contributed by atoms with van der Waals surface area (Å²) in [5.41, 5.74) is 0.722. The van der Waals surface area contributed by atoms with Crippen molar-refractivity contribution in [2.45, 2.75) is 0 Å². The third kappa shape index (κ3) is 2.30. The van der Waals surface area contributed by atoms with Crippen LogP contribution in [0.15, 0.2) is 15.6 Å². The molecule has 0 spiro atoms. The van der Waals surface area contributed by atoms with E-state index in [-0.39, 0.29) is 5.91 Å². The van der Waals surface area contributed by atoms with Gasteiger partial charge in [0.2, 0.25) is 0 Å². The molecule has 2 heterocycles. The van der Waals surface area contributed by atoms with Crippen LogP contribution in [0.25, 0.3) is 6.08 Å². The maximum atomic E-state index is 11.4. The molecule has 0 radical (unpaired) electrons. The third-order valence-electron chi connectivity index (χ3n) is 1.72. The second-order valence-electron chi connectivity index (χ2n) is 2.89. The molecule has 7 heteroatoms. The van der Waals surface area contributed by atoms with Crippen molar-refractivity contribution in [1.29, 1.82) is 0 Å². The molecule has 78 valence electrons. The molecule has 0 aliphatic carbocycles. The predicted molar refractivity (Wildman–Crippen MR) is 67.2 cm³/mol. The first-order valence-electron chi connectivity index (χ1n) is 4.00. The maximum Gasteiger partial charge on any atom is 0.263 e. The molecule has 1 aromatic rings. The number of hydrogen-bond acceptors (Lipinski definition) is 4. The van der Waals surface area contributed by atoms with E-state index < -0.39 is 0 Å². The van der Waals surface area contributed by atoms with Crippen molar-refractivity contribution in [3.05, 3.63) is 21.3 Å². The summed E-state index contributed by atoms with van der Waals surface area (Å²) in [5, 5.41) is 6.74. The standard InChI is InChI=1S/C8H6BrN3OS2/c1-12-3-4(9)5(11-12)2-6-7(13)10-8(14)15-6/h2-3H,1H3,(H,10,13,14). The number of nitrogens with one attached hydrogen (secondary N) is 1. The highest BCUT2D eigenvalue weighted by atomic mass is 79.9. The monoisotopic (exact) mass is 303 g/mol. The molecule has 1 aromatic heterocycles. The zero-order valence-corrected chi connectivity index (χ0v) is 10.9. The second kappa shape index (κ2) is 4.07. The van der Waals surface area contributed by atoms with Crippen LogP contribution in [-0.2, 0) is 11.8 Å². The number of hydrogen-bond donors (Lipinski definition) is 1. The first kappa shape index (κ1) is 10.8. The molecule has 0 bridgehead atoms. The van der Waals surface area contributed by atoms with Crippen LogP contribution in [0, 0.1) is 0 Å². The average Bonchev–Trinajstić information content (AvgIpc) is 2.58. The van der Waals surface area contributed by atoms with Gasteiger partial charge in [-0.3, -0.25) is 9.48 Å². The van der Waals surface area contributed by atoms with E-state index in [0.717, 1.165) is 10.2 Å². The van der Waals surface area contributed by atoms with Crippen LogP contribution in [0.3, 0.4) is 0 Å². The molecule has 1 fully saturated rings. The van der Waals surface area contributed by atoms with Crippen molar-refractivity contribution in [2.24, 2.45) is 7.05 Å². The number of rotatable bonds is 1. The van der Waals surface area contributed by atoms with Crippen LogP contribution in [0.5, 0.6) is 0 Å². The number of halogens is 1. The Morgan fingerprint density at radius 3 is 2.93 bits per heavy atom. The molecule has 1 amide bonds. The zero-order valence-electron chi connectivity index (χ0n) is 7.65. The number of carbonyl (C=O) groups excluding carboxylic acids is 1. The van der Waals surface area contributed by atoms with Crippen molar-refractivity contribution in [2.75, 3.05) is 0 Å². The molecule has 1 aliphatic heterocycles. The number of thiocarbonyl (C=S) groups is 1. The number of amides is 1. The SMILES string of the molecule is Cn1cc(Br)c(C=C2SC(=S)NC2=O)n1. The molecule has 15 heavy (non-hydrogen) atoms. The molecular weight excluding hydrogens is 298 g/mol. The van der Waals surface area contributed by atoms with Crippen molar-refractivity contribution in [1.82, 2.24) is 15.1 Å². The summed E-state index contributed by atoms with van der Waals surface area (Å²) in [4.78, 5) is 11.9. The Bertz CT molecular complexity index is 480. The van der Waals surface area contributed by atoms with Gasteiger partial charge in [-0.1, -0.05) is 24.0 Å². The van der Waals surface area contributed by atoms with Crippen LogP contribution in [0.4, 0.5) is 0 Å². The number of carbonyl (C=O) groups is 1. The van der Waals surface area contributed by atoms with Crippen LogP contribution in [0.2, 0.25) is 0 Å². The van der Waals surface area contributed by atoms with Gasteiger partial charge in [-0.15, -0.1) is 0 Å². The van der Waals surface area contributed by atoms with E-state index in [0.29, 0.717) is 9.23 Å². The minimum Gasteiger partial charge on any atom is -0.307 e. The van der Waals surface area contributed by atoms with E-state index in [1.807, 2.05) is 13.2 Å². The Kier molecular flexibility index (Phi) is 2.94. The first-order chi connectivity index (χ1) is 7.06. The summed E-state index contributed by atoms with van der Waals surface area (Å²) in [5.74, 6) is -0.164. The minimum atomic E-state index is -0.164. The fourth-order valence-corrected chi connectivity index (χ4v) is 2.63. The van der Waals surface area contributed by atoms with E-state index >= 15 is 0 Å². The molecular formula is C8H6BrN3OS2. The van der Waals surface area contributed by atoms with Crippen LogP contribution in [0.1, 0.15) is 5.69 Å². The zero-order chi connectivity index (χ0) is 11.0. The van der Waals surface area contributed by atoms with Crippen molar-refractivity contribution >= 4 is 56.2 Å². The fraction of sp³-hybridized carbons (Fsp3) is 0.125. The third-order valence-corrected chi connectivity index (χ3v) is 3.49. The molecule has 0 atom stereocenters. The molecule has 1 aliphatic rings. The summed E-state index contributed by atoms with van der Waals surface area (Å²) in [6.45, 7) is 0. The lowest BCUT2D eigenvalue weighted by Crippen LogP contribution is -2.17. The molecule has 0 unspecified atom stereocenters. The molecule has 1 saturated heterocycles. The van der Waals surface area contributed by atoms with Crippen molar-refractivity contribution < 1.29 is 4.79 Å². The Balaban J connectivity index is 2.34. The second-order valence-corrected chi connectivity index (χ2v) is 5.46. The number of nitrogens with zero attached hydrogens (tertiary/aromatic N) is 2. The topological polar surface area (TPSA) is 46.9 Å². The molecule has 2 rings (SSSR count). The van der Waals surface area contributed by atoms with E-state index in [4.69, 9.17) is 12.2 Å². The molecule has 0 aromatic carbocycles.